The number of halogens is 1. The van der Waals surface area contributed by atoms with Gasteiger partial charge in [-0.2, -0.15) is 0 Å². The van der Waals surface area contributed by atoms with Crippen molar-refractivity contribution >= 4 is 35.3 Å². The molecule has 2 fully saturated rings. The summed E-state index contributed by atoms with van der Waals surface area (Å²) >= 11 is 6.18. The Morgan fingerprint density at radius 2 is 1.97 bits per heavy atom. The Kier molecular flexibility index (Phi) is 9.35. The Bertz CT molecular complexity index is 979. The number of benzene rings is 1. The molecule has 10 heteroatoms. The maximum Gasteiger partial charge on any atom is 0.310 e. The van der Waals surface area contributed by atoms with Gasteiger partial charge >= 0.3 is 5.97 Å². The predicted molar refractivity (Wildman–Crippen MR) is 134 cm³/mol. The number of unbranched alkanes of at least 4 members (excludes halogenated alkanes) is 1. The fourth-order valence-corrected chi connectivity index (χ4v) is 4.62. The maximum absolute atomic E-state index is 13.7. The first-order chi connectivity index (χ1) is 17.0. The first kappa shape index (κ1) is 27.9. The van der Waals surface area contributed by atoms with Gasteiger partial charge in [-0.1, -0.05) is 57.8 Å². The number of amides is 3. The highest BCUT2D eigenvalue weighted by Crippen LogP contribution is 2.27. The third-order valence-corrected chi connectivity index (χ3v) is 6.75. The van der Waals surface area contributed by atoms with Crippen LogP contribution in [-0.4, -0.2) is 66.2 Å². The van der Waals surface area contributed by atoms with Crippen molar-refractivity contribution in [2.24, 2.45) is 5.41 Å². The van der Waals surface area contributed by atoms with Gasteiger partial charge in [-0.3, -0.25) is 19.2 Å². The van der Waals surface area contributed by atoms with E-state index in [-0.39, 0.29) is 28.8 Å². The van der Waals surface area contributed by atoms with E-state index in [1.54, 1.807) is 24.3 Å². The Morgan fingerprint density at radius 3 is 2.64 bits per heavy atom. The van der Waals surface area contributed by atoms with Gasteiger partial charge in [0.25, 0.3) is 5.91 Å². The summed E-state index contributed by atoms with van der Waals surface area (Å²) in [5, 5.41) is 5.98. The molecule has 3 amide bonds. The number of ether oxygens (including phenoxy) is 2. The zero-order valence-electron chi connectivity index (χ0n) is 21.3. The second-order valence-corrected chi connectivity index (χ2v) is 10.8. The SMILES string of the molecule is CCCCO[C@@H]1OC(=O)C[C@@H]1NC(=O)[C@@H]1CCCN1C(=O)[C@@H](NC(=O)c1ccccc1Cl)C(C)(C)C. The van der Waals surface area contributed by atoms with Crippen molar-refractivity contribution in [2.45, 2.75) is 84.2 Å². The summed E-state index contributed by atoms with van der Waals surface area (Å²) in [4.78, 5) is 53.2. The van der Waals surface area contributed by atoms with Crippen LogP contribution in [0.25, 0.3) is 0 Å². The van der Waals surface area contributed by atoms with Gasteiger partial charge in [-0.25, -0.2) is 0 Å². The number of rotatable bonds is 9. The average molecular weight is 522 g/mol. The number of esters is 1. The van der Waals surface area contributed by atoms with E-state index in [1.807, 2.05) is 27.7 Å². The third kappa shape index (κ3) is 6.76. The molecule has 4 atom stereocenters. The van der Waals surface area contributed by atoms with E-state index in [2.05, 4.69) is 10.6 Å². The van der Waals surface area contributed by atoms with E-state index in [9.17, 15) is 19.2 Å². The van der Waals surface area contributed by atoms with Crippen molar-refractivity contribution in [2.75, 3.05) is 13.2 Å². The quantitative estimate of drug-likeness (QED) is 0.381. The van der Waals surface area contributed by atoms with Crippen LogP contribution in [0, 0.1) is 5.41 Å². The monoisotopic (exact) mass is 521 g/mol. The number of carbonyl (C=O) groups excluding carboxylic acids is 4. The fourth-order valence-electron chi connectivity index (χ4n) is 4.40. The van der Waals surface area contributed by atoms with Gasteiger partial charge in [-0.05, 0) is 36.8 Å². The van der Waals surface area contributed by atoms with Gasteiger partial charge in [-0.15, -0.1) is 0 Å². The van der Waals surface area contributed by atoms with Crippen molar-refractivity contribution < 1.29 is 28.7 Å². The second-order valence-electron chi connectivity index (χ2n) is 10.3. The Morgan fingerprint density at radius 1 is 1.25 bits per heavy atom. The van der Waals surface area contributed by atoms with Crippen LogP contribution in [0.1, 0.15) is 70.2 Å². The molecule has 1 aromatic rings. The number of nitrogens with one attached hydrogen (secondary N) is 2. The van der Waals surface area contributed by atoms with Crippen LogP contribution >= 0.6 is 11.6 Å². The van der Waals surface area contributed by atoms with Crippen LogP contribution in [0.4, 0.5) is 0 Å². The minimum Gasteiger partial charge on any atom is -0.433 e. The summed E-state index contributed by atoms with van der Waals surface area (Å²) in [6.45, 7) is 8.40. The molecule has 3 rings (SSSR count). The van der Waals surface area contributed by atoms with Crippen molar-refractivity contribution in [3.63, 3.8) is 0 Å². The van der Waals surface area contributed by atoms with Gasteiger partial charge in [0.15, 0.2) is 0 Å². The first-order valence-electron chi connectivity index (χ1n) is 12.5. The average Bonchev–Trinajstić information content (AvgIpc) is 3.43. The molecule has 198 valence electrons. The normalized spacial score (nSPS) is 22.8. The number of hydrogen-bond acceptors (Lipinski definition) is 6. The lowest BCUT2D eigenvalue weighted by atomic mass is 9.85. The number of cyclic esters (lactones) is 1. The lowest BCUT2D eigenvalue weighted by Crippen LogP contribution is -2.58. The zero-order chi connectivity index (χ0) is 26.5. The molecule has 1 aromatic carbocycles. The topological polar surface area (TPSA) is 114 Å². The van der Waals surface area contributed by atoms with E-state index in [4.69, 9.17) is 21.1 Å². The minimum absolute atomic E-state index is 0.0156. The molecule has 0 aromatic heterocycles. The molecular weight excluding hydrogens is 486 g/mol. The van der Waals surface area contributed by atoms with E-state index >= 15 is 0 Å². The summed E-state index contributed by atoms with van der Waals surface area (Å²) in [6, 6.07) is 4.42. The van der Waals surface area contributed by atoms with Gasteiger partial charge in [0.1, 0.15) is 18.1 Å². The van der Waals surface area contributed by atoms with Gasteiger partial charge in [0.2, 0.25) is 18.1 Å². The van der Waals surface area contributed by atoms with Crippen LogP contribution in [-0.2, 0) is 23.9 Å². The Hall–Kier alpha value is -2.65. The van der Waals surface area contributed by atoms with Crippen LogP contribution in [0.3, 0.4) is 0 Å². The highest BCUT2D eigenvalue weighted by atomic mass is 35.5. The zero-order valence-corrected chi connectivity index (χ0v) is 22.1. The molecule has 36 heavy (non-hydrogen) atoms. The smallest absolute Gasteiger partial charge is 0.310 e. The minimum atomic E-state index is -0.879. The van der Waals surface area contributed by atoms with E-state index < -0.39 is 41.7 Å². The maximum atomic E-state index is 13.7. The van der Waals surface area contributed by atoms with Gasteiger partial charge in [0, 0.05) is 6.54 Å². The lowest BCUT2D eigenvalue weighted by molar-refractivity contribution is -0.165. The van der Waals surface area contributed by atoms with E-state index in [0.717, 1.165) is 12.8 Å². The molecule has 9 nitrogen and oxygen atoms in total. The van der Waals surface area contributed by atoms with E-state index in [0.29, 0.717) is 26.0 Å². The molecule has 0 saturated carbocycles. The molecule has 0 bridgehead atoms. The van der Waals surface area contributed by atoms with Crippen molar-refractivity contribution in [3.8, 4) is 0 Å². The van der Waals surface area contributed by atoms with Crippen molar-refractivity contribution in [1.29, 1.82) is 0 Å². The van der Waals surface area contributed by atoms with Gasteiger partial charge in [0.05, 0.1) is 23.6 Å². The molecule has 0 unspecified atom stereocenters. The predicted octanol–water partition coefficient (Wildman–Crippen LogP) is 3.05. The lowest BCUT2D eigenvalue weighted by Gasteiger charge is -2.35. The molecule has 2 aliphatic rings. The number of likely N-dealkylation sites (tertiary alicyclic amines) is 1. The molecule has 0 spiro atoms. The Labute approximate surface area is 217 Å². The second kappa shape index (κ2) is 12.1. The molecule has 2 N–H and O–H groups in total. The highest BCUT2D eigenvalue weighted by Gasteiger charge is 2.44. The summed E-state index contributed by atoms with van der Waals surface area (Å²) in [7, 11) is 0. The molecule has 2 heterocycles. The molecule has 2 aliphatic heterocycles. The molecule has 2 saturated heterocycles. The summed E-state index contributed by atoms with van der Waals surface area (Å²) in [5.41, 5.74) is -0.349. The Balaban J connectivity index is 1.71. The van der Waals surface area contributed by atoms with Crippen LogP contribution in [0.2, 0.25) is 5.02 Å². The molecule has 0 aliphatic carbocycles. The summed E-state index contributed by atoms with van der Waals surface area (Å²) < 4.78 is 10.9. The molecular formula is C26H36ClN3O6. The van der Waals surface area contributed by atoms with Crippen molar-refractivity contribution in [1.82, 2.24) is 15.5 Å². The van der Waals surface area contributed by atoms with Gasteiger partial charge < -0.3 is 25.0 Å². The molecule has 0 radical (unpaired) electrons. The first-order valence-corrected chi connectivity index (χ1v) is 12.9. The van der Waals surface area contributed by atoms with E-state index in [1.165, 1.54) is 4.90 Å². The number of hydrogen-bond donors (Lipinski definition) is 2. The summed E-state index contributed by atoms with van der Waals surface area (Å²) in [6.07, 6.45) is 2.05. The highest BCUT2D eigenvalue weighted by molar-refractivity contribution is 6.33. The van der Waals surface area contributed by atoms with Crippen LogP contribution < -0.4 is 10.6 Å². The third-order valence-electron chi connectivity index (χ3n) is 6.42. The van der Waals surface area contributed by atoms with Crippen LogP contribution in [0.5, 0.6) is 0 Å². The van der Waals surface area contributed by atoms with Crippen LogP contribution in [0.15, 0.2) is 24.3 Å². The summed E-state index contributed by atoms with van der Waals surface area (Å²) in [5.74, 6) is -1.59. The van der Waals surface area contributed by atoms with Crippen molar-refractivity contribution in [3.05, 3.63) is 34.9 Å². The number of nitrogens with zero attached hydrogens (tertiary/aromatic N) is 1. The largest absolute Gasteiger partial charge is 0.433 e. The number of carbonyl (C=O) groups is 4. The fraction of sp³-hybridized carbons (Fsp3) is 0.615. The standard InChI is InChI=1S/C26H36ClN3O6/c1-5-6-14-35-25-18(15-20(31)36-25)28-23(33)19-12-9-13-30(19)24(34)21(26(2,3)4)29-22(32)16-10-7-8-11-17(16)27/h7-8,10-11,18-19,21,25H,5-6,9,12-15H2,1-4H3,(H,28,33)(H,29,32)/t18-,19-,21+,25+/m0/s1.